The molecule has 1 saturated heterocycles. The summed E-state index contributed by atoms with van der Waals surface area (Å²) in [6, 6.07) is 8.69. The van der Waals surface area contributed by atoms with E-state index in [1.165, 1.54) is 24.0 Å². The molecule has 2 aliphatic heterocycles. The molecule has 0 aromatic heterocycles. The van der Waals surface area contributed by atoms with Gasteiger partial charge in [-0.2, -0.15) is 0 Å². The van der Waals surface area contributed by atoms with Crippen molar-refractivity contribution in [1.29, 1.82) is 0 Å². The molecule has 4 heteroatoms. The largest absolute Gasteiger partial charge is 0.366 e. The smallest absolute Gasteiger partial charge is 0.251 e. The molecule has 4 rings (SSSR count). The van der Waals surface area contributed by atoms with Gasteiger partial charge < -0.3 is 9.64 Å². The van der Waals surface area contributed by atoms with Crippen LogP contribution >= 0.6 is 0 Å². The van der Waals surface area contributed by atoms with Crippen molar-refractivity contribution in [3.8, 4) is 0 Å². The van der Waals surface area contributed by atoms with E-state index in [2.05, 4.69) is 29.2 Å². The van der Waals surface area contributed by atoms with E-state index in [1.807, 2.05) is 0 Å². The molecule has 2 atom stereocenters. The minimum absolute atomic E-state index is 0.0878. The van der Waals surface area contributed by atoms with Gasteiger partial charge in [0.1, 0.15) is 6.10 Å². The van der Waals surface area contributed by atoms with E-state index in [9.17, 15) is 4.79 Å². The van der Waals surface area contributed by atoms with E-state index >= 15 is 0 Å². The number of hydrogen-bond donors (Lipinski definition) is 0. The van der Waals surface area contributed by atoms with Crippen molar-refractivity contribution in [3.05, 3.63) is 35.4 Å². The van der Waals surface area contributed by atoms with Crippen LogP contribution in [0.15, 0.2) is 24.3 Å². The van der Waals surface area contributed by atoms with Gasteiger partial charge in [-0.15, -0.1) is 0 Å². The van der Waals surface area contributed by atoms with Gasteiger partial charge in [-0.1, -0.05) is 24.3 Å². The van der Waals surface area contributed by atoms with Gasteiger partial charge in [0.2, 0.25) is 0 Å². The summed E-state index contributed by atoms with van der Waals surface area (Å²) in [6.45, 7) is 2.78. The fraction of sp³-hybridized carbons (Fsp3) is 0.611. The van der Waals surface area contributed by atoms with Gasteiger partial charge in [0.25, 0.3) is 5.91 Å². The van der Waals surface area contributed by atoms with Crippen molar-refractivity contribution >= 4 is 5.91 Å². The second kappa shape index (κ2) is 5.07. The van der Waals surface area contributed by atoms with Crippen LogP contribution in [0.4, 0.5) is 0 Å². The summed E-state index contributed by atoms with van der Waals surface area (Å²) in [5.74, 6) is 0.933. The second-order valence-electron chi connectivity index (χ2n) is 7.25. The molecule has 2 unspecified atom stereocenters. The maximum atomic E-state index is 12.3. The van der Waals surface area contributed by atoms with Gasteiger partial charge in [0, 0.05) is 33.6 Å². The Kier molecular flexibility index (Phi) is 3.27. The van der Waals surface area contributed by atoms with Crippen molar-refractivity contribution in [2.75, 3.05) is 27.2 Å². The predicted molar refractivity (Wildman–Crippen MR) is 84.3 cm³/mol. The summed E-state index contributed by atoms with van der Waals surface area (Å²) in [4.78, 5) is 16.6. The molecule has 1 aromatic rings. The van der Waals surface area contributed by atoms with Crippen molar-refractivity contribution in [2.24, 2.45) is 5.92 Å². The first-order chi connectivity index (χ1) is 10.6. The molecule has 0 radical (unpaired) electrons. The summed E-state index contributed by atoms with van der Waals surface area (Å²) in [5, 5.41) is 0. The first kappa shape index (κ1) is 14.2. The van der Waals surface area contributed by atoms with Gasteiger partial charge in [0.15, 0.2) is 0 Å². The highest BCUT2D eigenvalue weighted by Gasteiger charge is 2.53. The zero-order valence-corrected chi connectivity index (χ0v) is 13.4. The zero-order valence-electron chi connectivity index (χ0n) is 13.4. The van der Waals surface area contributed by atoms with Crippen LogP contribution in [0.5, 0.6) is 0 Å². The molecule has 0 bridgehead atoms. The maximum absolute atomic E-state index is 12.3. The molecule has 1 saturated carbocycles. The van der Waals surface area contributed by atoms with Crippen LogP contribution in [0.25, 0.3) is 0 Å². The third kappa shape index (κ3) is 2.17. The van der Waals surface area contributed by atoms with E-state index in [4.69, 9.17) is 4.74 Å². The maximum Gasteiger partial charge on any atom is 0.251 e. The number of carbonyl (C=O) groups excluding carboxylic acids is 1. The summed E-state index contributed by atoms with van der Waals surface area (Å²) >= 11 is 0. The second-order valence-corrected chi connectivity index (χ2v) is 7.25. The Labute approximate surface area is 132 Å². The summed E-state index contributed by atoms with van der Waals surface area (Å²) in [5.41, 5.74) is 2.70. The zero-order chi connectivity index (χ0) is 15.3. The van der Waals surface area contributed by atoms with E-state index in [0.29, 0.717) is 6.61 Å². The number of hydrogen-bond acceptors (Lipinski definition) is 3. The lowest BCUT2D eigenvalue weighted by Gasteiger charge is -2.35. The minimum Gasteiger partial charge on any atom is -0.366 e. The molecule has 1 aliphatic carbocycles. The molecular weight excluding hydrogens is 276 g/mol. The number of ether oxygens (including phenoxy) is 1. The monoisotopic (exact) mass is 300 g/mol. The van der Waals surface area contributed by atoms with E-state index < -0.39 is 0 Å². The van der Waals surface area contributed by atoms with Crippen molar-refractivity contribution in [2.45, 2.75) is 37.5 Å². The van der Waals surface area contributed by atoms with Gasteiger partial charge in [-0.3, -0.25) is 9.69 Å². The van der Waals surface area contributed by atoms with Gasteiger partial charge in [-0.25, -0.2) is 0 Å². The average molecular weight is 300 g/mol. The molecule has 3 aliphatic rings. The van der Waals surface area contributed by atoms with Crippen molar-refractivity contribution in [3.63, 3.8) is 0 Å². The van der Waals surface area contributed by atoms with Crippen LogP contribution in [-0.4, -0.2) is 49.1 Å². The third-order valence-electron chi connectivity index (χ3n) is 5.42. The highest BCUT2D eigenvalue weighted by molar-refractivity contribution is 5.81. The summed E-state index contributed by atoms with van der Waals surface area (Å²) in [7, 11) is 3.61. The van der Waals surface area contributed by atoms with E-state index in [0.717, 1.165) is 25.4 Å². The minimum atomic E-state index is -0.303. The molecule has 1 amide bonds. The Bertz CT molecular complexity index is 597. The molecule has 2 heterocycles. The molecule has 118 valence electrons. The van der Waals surface area contributed by atoms with Gasteiger partial charge >= 0.3 is 0 Å². The topological polar surface area (TPSA) is 32.8 Å². The van der Waals surface area contributed by atoms with E-state index in [1.54, 1.807) is 19.0 Å². The fourth-order valence-electron chi connectivity index (χ4n) is 4.01. The highest BCUT2D eigenvalue weighted by Crippen LogP contribution is 2.48. The lowest BCUT2D eigenvalue weighted by Crippen LogP contribution is -2.43. The summed E-state index contributed by atoms with van der Waals surface area (Å²) < 4.78 is 5.97. The fourth-order valence-corrected chi connectivity index (χ4v) is 4.01. The number of amides is 1. The Morgan fingerprint density at radius 2 is 2.14 bits per heavy atom. The lowest BCUT2D eigenvalue weighted by molar-refractivity contribution is -0.138. The average Bonchev–Trinajstić information content (AvgIpc) is 3.14. The van der Waals surface area contributed by atoms with Gasteiger partial charge in [0.05, 0.1) is 12.1 Å². The quantitative estimate of drug-likeness (QED) is 0.856. The van der Waals surface area contributed by atoms with Gasteiger partial charge in [-0.05, 0) is 29.9 Å². The Morgan fingerprint density at radius 1 is 1.36 bits per heavy atom. The molecule has 0 N–H and O–H groups in total. The highest BCUT2D eigenvalue weighted by atomic mass is 16.5. The number of rotatable bonds is 3. The Balaban J connectivity index is 1.65. The molecule has 4 nitrogen and oxygen atoms in total. The molecule has 1 spiro atoms. The lowest BCUT2D eigenvalue weighted by atomic mass is 9.86. The third-order valence-corrected chi connectivity index (χ3v) is 5.42. The van der Waals surface area contributed by atoms with Crippen LogP contribution in [-0.2, 0) is 21.6 Å². The number of nitrogens with zero attached hydrogens (tertiary/aromatic N) is 2. The van der Waals surface area contributed by atoms with E-state index in [-0.39, 0.29) is 17.6 Å². The van der Waals surface area contributed by atoms with Crippen LogP contribution in [0, 0.1) is 5.92 Å². The Hall–Kier alpha value is -1.39. The number of carbonyl (C=O) groups is 1. The molecular formula is C18H24N2O2. The standard InChI is InChI=1S/C18H24N2O2/c1-19(2)17(21)16-9-18(12-22-16)15-6-4-3-5-14(15)11-20(18)10-13-7-8-13/h3-6,13,16H,7-12H2,1-2H3. The van der Waals surface area contributed by atoms with Crippen LogP contribution in [0.2, 0.25) is 0 Å². The van der Waals surface area contributed by atoms with Crippen LogP contribution < -0.4 is 0 Å². The predicted octanol–water partition coefficient (Wildman–Crippen LogP) is 1.98. The number of fused-ring (bicyclic) bond motifs is 2. The van der Waals surface area contributed by atoms with Crippen molar-refractivity contribution < 1.29 is 9.53 Å². The number of likely N-dealkylation sites (N-methyl/N-ethyl adjacent to an activating group) is 1. The normalized spacial score (nSPS) is 30.7. The first-order valence-corrected chi connectivity index (χ1v) is 8.26. The van der Waals surface area contributed by atoms with Crippen LogP contribution in [0.1, 0.15) is 30.4 Å². The molecule has 2 fully saturated rings. The van der Waals surface area contributed by atoms with Crippen molar-refractivity contribution in [1.82, 2.24) is 9.80 Å². The summed E-state index contributed by atoms with van der Waals surface area (Å²) in [6.07, 6.45) is 3.18. The Morgan fingerprint density at radius 3 is 2.86 bits per heavy atom. The molecule has 22 heavy (non-hydrogen) atoms. The first-order valence-electron chi connectivity index (χ1n) is 8.26. The number of benzene rings is 1. The van der Waals surface area contributed by atoms with Crippen LogP contribution in [0.3, 0.4) is 0 Å². The molecule has 1 aromatic carbocycles. The SMILES string of the molecule is CN(C)C(=O)C1CC2(CO1)c1ccccc1CN2CC1CC1.